The molecule has 2 atom stereocenters. The first-order valence-corrected chi connectivity index (χ1v) is 18.6. The first-order chi connectivity index (χ1) is 28.8. The molecule has 0 saturated carbocycles. The van der Waals surface area contributed by atoms with Crippen LogP contribution < -0.4 is 20.9 Å². The molecule has 0 aliphatic carbocycles. The van der Waals surface area contributed by atoms with Gasteiger partial charge in [0.05, 0.1) is 17.6 Å². The fraction of sp³-hybridized carbons (Fsp3) is 0.308. The number of nitrogens with one attached hydrogen (secondary N) is 3. The number of piperazine rings is 1. The van der Waals surface area contributed by atoms with Gasteiger partial charge in [-0.05, 0) is 60.5 Å². The van der Waals surface area contributed by atoms with Gasteiger partial charge >= 0.3 is 0 Å². The summed E-state index contributed by atoms with van der Waals surface area (Å²) < 4.78 is 88.6. The summed E-state index contributed by atoms with van der Waals surface area (Å²) in [5.74, 6) is -3.16. The number of anilines is 3. The van der Waals surface area contributed by atoms with Crippen LogP contribution in [0.15, 0.2) is 71.6 Å². The number of oxazole rings is 1. The Bertz CT molecular complexity index is 2450. The molecule has 8 rings (SSSR count). The van der Waals surface area contributed by atoms with Gasteiger partial charge < -0.3 is 24.9 Å². The van der Waals surface area contributed by atoms with Crippen molar-refractivity contribution in [1.29, 1.82) is 0 Å². The van der Waals surface area contributed by atoms with Gasteiger partial charge in [0.25, 0.3) is 24.7 Å². The molecule has 60 heavy (non-hydrogen) atoms. The fourth-order valence-corrected chi connectivity index (χ4v) is 7.30. The normalized spacial score (nSPS) is 17.7. The van der Waals surface area contributed by atoms with Gasteiger partial charge in [0.15, 0.2) is 11.4 Å². The number of imide groups is 1. The van der Waals surface area contributed by atoms with Crippen LogP contribution in [0.25, 0.3) is 17.1 Å². The molecule has 6 heterocycles. The van der Waals surface area contributed by atoms with Crippen LogP contribution in [0.3, 0.4) is 0 Å². The SMILES string of the molecule is O=C1CCC(N2Cc3cc(CN4CCN(c5ccc(-n6cc(NC(=O)c7coc(-c8ccnc(NC(F)C(F)F)c8)n7)c(C(F)F)n6)cc5)CC4)c(F)cc3C2=O)C(=O)N1. The lowest BCUT2D eigenvalue weighted by Crippen LogP contribution is -2.52. The van der Waals surface area contributed by atoms with Crippen molar-refractivity contribution in [2.24, 2.45) is 0 Å². The lowest BCUT2D eigenvalue weighted by atomic mass is 10.0. The van der Waals surface area contributed by atoms with Gasteiger partial charge in [-0.2, -0.15) is 5.10 Å². The van der Waals surface area contributed by atoms with E-state index in [0.717, 1.165) is 12.0 Å². The number of aromatic nitrogens is 4. The van der Waals surface area contributed by atoms with E-state index in [9.17, 15) is 41.1 Å². The molecule has 2 aromatic carbocycles. The van der Waals surface area contributed by atoms with E-state index in [0.29, 0.717) is 49.5 Å². The molecule has 3 N–H and O–H groups in total. The molecular weight excluding hydrogens is 802 g/mol. The molecule has 5 aromatic rings. The molecule has 312 valence electrons. The lowest BCUT2D eigenvalue weighted by Gasteiger charge is -2.36. The fourth-order valence-electron chi connectivity index (χ4n) is 7.30. The van der Waals surface area contributed by atoms with E-state index in [4.69, 9.17) is 4.42 Å². The molecule has 3 aliphatic heterocycles. The number of hydrogen-bond donors (Lipinski definition) is 3. The van der Waals surface area contributed by atoms with Crippen molar-refractivity contribution in [3.05, 3.63) is 101 Å². The third-order valence-electron chi connectivity index (χ3n) is 10.4. The summed E-state index contributed by atoms with van der Waals surface area (Å²) in [5.41, 5.74) is 1.43. The molecule has 2 fully saturated rings. The third kappa shape index (κ3) is 8.24. The third-order valence-corrected chi connectivity index (χ3v) is 10.4. The monoisotopic (exact) mass is 836 g/mol. The second-order valence-electron chi connectivity index (χ2n) is 14.3. The molecule has 0 spiro atoms. The zero-order chi connectivity index (χ0) is 42.2. The summed E-state index contributed by atoms with van der Waals surface area (Å²) in [6, 6.07) is 11.6. The number of halogens is 6. The molecule has 0 radical (unpaired) electrons. The number of nitrogens with zero attached hydrogens (tertiary/aromatic N) is 7. The highest BCUT2D eigenvalue weighted by Gasteiger charge is 2.39. The number of hydrogen-bond acceptors (Lipinski definition) is 11. The van der Waals surface area contributed by atoms with E-state index in [2.05, 4.69) is 35.5 Å². The summed E-state index contributed by atoms with van der Waals surface area (Å²) >= 11 is 0. The number of amides is 4. The Balaban J connectivity index is 0.874. The van der Waals surface area contributed by atoms with Crippen molar-refractivity contribution in [2.45, 2.75) is 51.1 Å². The van der Waals surface area contributed by atoms with Crippen LogP contribution in [0.1, 0.15) is 56.9 Å². The minimum atomic E-state index is -3.30. The zero-order valence-electron chi connectivity index (χ0n) is 31.3. The van der Waals surface area contributed by atoms with E-state index >= 15 is 4.39 Å². The maximum absolute atomic E-state index is 15.3. The summed E-state index contributed by atoms with van der Waals surface area (Å²) in [6.45, 7) is 2.83. The van der Waals surface area contributed by atoms with Gasteiger partial charge in [0.1, 0.15) is 23.9 Å². The van der Waals surface area contributed by atoms with Crippen molar-refractivity contribution in [3.63, 3.8) is 0 Å². The number of carbonyl (C=O) groups excluding carboxylic acids is 4. The highest BCUT2D eigenvalue weighted by molar-refractivity contribution is 6.05. The Hall–Kier alpha value is -6.77. The Morgan fingerprint density at radius 3 is 2.43 bits per heavy atom. The molecule has 3 aromatic heterocycles. The van der Waals surface area contributed by atoms with Crippen molar-refractivity contribution in [1.82, 2.24) is 34.9 Å². The minimum absolute atomic E-state index is 0.121. The van der Waals surface area contributed by atoms with Crippen LogP contribution in [0.4, 0.5) is 43.5 Å². The highest BCUT2D eigenvalue weighted by atomic mass is 19.3. The van der Waals surface area contributed by atoms with Gasteiger partial charge in [-0.3, -0.25) is 29.4 Å². The highest BCUT2D eigenvalue weighted by Crippen LogP contribution is 2.32. The number of rotatable bonds is 12. The number of alkyl halides is 5. The number of pyridine rings is 1. The van der Waals surface area contributed by atoms with E-state index in [1.165, 1.54) is 40.2 Å². The number of fused-ring (bicyclic) bond motifs is 1. The molecule has 3 aliphatic rings. The Morgan fingerprint density at radius 2 is 1.72 bits per heavy atom. The summed E-state index contributed by atoms with van der Waals surface area (Å²) in [5, 5.41) is 10.5. The van der Waals surface area contributed by atoms with Gasteiger partial charge in [0, 0.05) is 74.3 Å². The Morgan fingerprint density at radius 1 is 0.967 bits per heavy atom. The topological polar surface area (TPSA) is 171 Å². The van der Waals surface area contributed by atoms with Gasteiger partial charge in [0.2, 0.25) is 24.0 Å². The summed E-state index contributed by atoms with van der Waals surface area (Å²) in [6.07, 6.45) is -5.31. The van der Waals surface area contributed by atoms with Crippen LogP contribution in [0.5, 0.6) is 0 Å². The minimum Gasteiger partial charge on any atom is -0.444 e. The van der Waals surface area contributed by atoms with Crippen molar-refractivity contribution >= 4 is 40.8 Å². The van der Waals surface area contributed by atoms with Crippen LogP contribution in [0.2, 0.25) is 0 Å². The van der Waals surface area contributed by atoms with Crippen molar-refractivity contribution < 1.29 is 49.9 Å². The van der Waals surface area contributed by atoms with E-state index in [-0.39, 0.29) is 59.5 Å². The van der Waals surface area contributed by atoms with Gasteiger partial charge in [-0.1, -0.05) is 0 Å². The van der Waals surface area contributed by atoms with E-state index in [1.807, 2.05) is 5.32 Å². The Kier molecular flexibility index (Phi) is 11.0. The largest absolute Gasteiger partial charge is 0.444 e. The second kappa shape index (κ2) is 16.5. The van der Waals surface area contributed by atoms with Gasteiger partial charge in [-0.15, -0.1) is 0 Å². The zero-order valence-corrected chi connectivity index (χ0v) is 31.3. The summed E-state index contributed by atoms with van der Waals surface area (Å²) in [7, 11) is 0. The van der Waals surface area contributed by atoms with Crippen LogP contribution in [-0.4, -0.2) is 98.1 Å². The van der Waals surface area contributed by atoms with Crippen LogP contribution in [0, 0.1) is 5.82 Å². The predicted octanol–water partition coefficient (Wildman–Crippen LogP) is 5.31. The maximum atomic E-state index is 15.3. The predicted molar refractivity (Wildman–Crippen MR) is 201 cm³/mol. The molecule has 15 nitrogen and oxygen atoms in total. The molecule has 2 saturated heterocycles. The first kappa shape index (κ1) is 40.0. The number of benzene rings is 2. The first-order valence-electron chi connectivity index (χ1n) is 18.6. The Labute approximate surface area is 336 Å². The summed E-state index contributed by atoms with van der Waals surface area (Å²) in [4.78, 5) is 63.5. The molecular formula is C39H34F6N10O5. The molecule has 21 heteroatoms. The van der Waals surface area contributed by atoms with Crippen molar-refractivity contribution in [2.75, 3.05) is 41.7 Å². The van der Waals surface area contributed by atoms with Crippen LogP contribution in [-0.2, 0) is 22.7 Å². The lowest BCUT2D eigenvalue weighted by molar-refractivity contribution is -0.136. The second-order valence-corrected chi connectivity index (χ2v) is 14.3. The number of carbonyl (C=O) groups is 4. The molecule has 2 unspecified atom stereocenters. The standard InChI is InChI=1S/C39H34F6N10O5/c40-26-15-25-21(17-54(39(25)59)29-5-6-31(56)50-37(29)58)13-22(26)16-52-9-11-53(12-10-52)23-1-3-24(4-2-23)55-18-27(32(51-55)33(41)42)47-36(57)28-19-60-38(48-28)20-7-8-46-30(14-20)49-35(45)34(43)44/h1-4,7-8,13-15,18-19,29,33-35H,5-6,9-12,16-17H2,(H,46,49)(H,47,57)(H,50,56,58). The smallest absolute Gasteiger partial charge is 0.287 e. The van der Waals surface area contributed by atoms with Crippen LogP contribution >= 0.6 is 0 Å². The molecule has 0 bridgehead atoms. The van der Waals surface area contributed by atoms with Gasteiger partial charge in [-0.25, -0.2) is 41.0 Å². The maximum Gasteiger partial charge on any atom is 0.287 e. The quantitative estimate of drug-likeness (QED) is 0.0846. The van der Waals surface area contributed by atoms with Crippen molar-refractivity contribution in [3.8, 4) is 17.1 Å². The average molecular weight is 837 g/mol. The van der Waals surface area contributed by atoms with E-state index in [1.54, 1.807) is 30.3 Å². The number of piperidine rings is 1. The van der Waals surface area contributed by atoms with E-state index < -0.39 is 54.4 Å². The molecule has 4 amide bonds. The average Bonchev–Trinajstić information content (AvgIpc) is 3.97.